The molecular weight excluding hydrogens is 358 g/mol. The third kappa shape index (κ3) is 5.59. The summed E-state index contributed by atoms with van der Waals surface area (Å²) in [7, 11) is 2.20. The molecule has 1 atom stereocenters. The van der Waals surface area contributed by atoms with Gasteiger partial charge in [-0.3, -0.25) is 9.89 Å². The maximum Gasteiger partial charge on any atom is 0.191 e. The summed E-state index contributed by atoms with van der Waals surface area (Å²) < 4.78 is 0. The molecule has 150 valence electrons. The number of likely N-dealkylation sites (N-methyl/N-ethyl adjacent to an activating group) is 1. The Bertz CT molecular complexity index is 635. The monoisotopic (exact) mass is 391 g/mol. The zero-order valence-electron chi connectivity index (χ0n) is 17.0. The van der Waals surface area contributed by atoms with Crippen LogP contribution in [0.25, 0.3) is 0 Å². The lowest BCUT2D eigenvalue weighted by Crippen LogP contribution is -2.52. The van der Waals surface area contributed by atoms with Gasteiger partial charge in [-0.25, -0.2) is 0 Å². The number of halogens is 1. The lowest BCUT2D eigenvalue weighted by atomic mass is 9.96. The van der Waals surface area contributed by atoms with E-state index in [0.717, 1.165) is 56.8 Å². The molecule has 2 fully saturated rings. The molecule has 3 rings (SSSR count). The zero-order valence-corrected chi connectivity index (χ0v) is 17.7. The molecule has 1 aromatic carbocycles. The molecule has 2 aliphatic rings. The Morgan fingerprint density at radius 2 is 1.96 bits per heavy atom. The first-order valence-corrected chi connectivity index (χ1v) is 10.6. The lowest BCUT2D eigenvalue weighted by Gasteiger charge is -2.36. The molecule has 2 N–H and O–H groups in total. The fraction of sp³-hybridized carbons (Fsp3) is 0.667. The number of aliphatic imine (C=N–C) groups is 1. The van der Waals surface area contributed by atoms with E-state index in [1.165, 1.54) is 18.4 Å². The summed E-state index contributed by atoms with van der Waals surface area (Å²) in [6.45, 7) is 11.6. The van der Waals surface area contributed by atoms with Gasteiger partial charge < -0.3 is 15.5 Å². The van der Waals surface area contributed by atoms with E-state index >= 15 is 0 Å². The first kappa shape index (κ1) is 20.4. The van der Waals surface area contributed by atoms with Crippen molar-refractivity contribution in [3.8, 4) is 0 Å². The van der Waals surface area contributed by atoms with Crippen molar-refractivity contribution in [3.05, 3.63) is 34.9 Å². The van der Waals surface area contributed by atoms with Crippen LogP contribution in [0.5, 0.6) is 0 Å². The number of rotatable bonds is 7. The third-order valence-electron chi connectivity index (χ3n) is 5.90. The zero-order chi connectivity index (χ0) is 19.3. The van der Waals surface area contributed by atoms with E-state index in [1.807, 2.05) is 12.1 Å². The van der Waals surface area contributed by atoms with Crippen LogP contribution in [0.3, 0.4) is 0 Å². The number of benzene rings is 1. The molecule has 1 saturated heterocycles. The van der Waals surface area contributed by atoms with Gasteiger partial charge in [0.1, 0.15) is 0 Å². The van der Waals surface area contributed by atoms with Crippen LogP contribution < -0.4 is 10.6 Å². The fourth-order valence-electron chi connectivity index (χ4n) is 3.72. The van der Waals surface area contributed by atoms with Crippen LogP contribution in [-0.2, 0) is 5.41 Å². The molecule has 1 saturated carbocycles. The second-order valence-electron chi connectivity index (χ2n) is 8.06. The smallest absolute Gasteiger partial charge is 0.191 e. The van der Waals surface area contributed by atoms with E-state index in [-0.39, 0.29) is 5.41 Å². The van der Waals surface area contributed by atoms with Crippen molar-refractivity contribution in [2.75, 3.05) is 52.9 Å². The van der Waals surface area contributed by atoms with Gasteiger partial charge in [0, 0.05) is 55.7 Å². The summed E-state index contributed by atoms with van der Waals surface area (Å²) in [5.41, 5.74) is 1.50. The topological polar surface area (TPSA) is 42.9 Å². The predicted molar refractivity (Wildman–Crippen MR) is 115 cm³/mol. The predicted octanol–water partition coefficient (Wildman–Crippen LogP) is 2.56. The van der Waals surface area contributed by atoms with Gasteiger partial charge in [-0.05, 0) is 51.4 Å². The minimum absolute atomic E-state index is 0.177. The van der Waals surface area contributed by atoms with Crippen LogP contribution in [0.1, 0.15) is 32.3 Å². The lowest BCUT2D eigenvalue weighted by molar-refractivity contribution is 0.120. The van der Waals surface area contributed by atoms with Crippen LogP contribution in [0.2, 0.25) is 5.02 Å². The Labute approximate surface area is 169 Å². The van der Waals surface area contributed by atoms with Crippen LogP contribution in [0.4, 0.5) is 0 Å². The van der Waals surface area contributed by atoms with Gasteiger partial charge in [-0.2, -0.15) is 0 Å². The molecule has 6 heteroatoms. The number of nitrogens with zero attached hydrogens (tertiary/aromatic N) is 3. The number of hydrogen-bond acceptors (Lipinski definition) is 3. The van der Waals surface area contributed by atoms with Gasteiger partial charge >= 0.3 is 0 Å². The quantitative estimate of drug-likeness (QED) is 0.553. The summed E-state index contributed by atoms with van der Waals surface area (Å²) in [4.78, 5) is 9.86. The molecule has 0 aromatic heterocycles. The van der Waals surface area contributed by atoms with Crippen molar-refractivity contribution >= 4 is 17.6 Å². The number of hydrogen-bond donors (Lipinski definition) is 2. The summed E-state index contributed by atoms with van der Waals surface area (Å²) in [6.07, 6.45) is 2.38. The molecule has 0 spiro atoms. The van der Waals surface area contributed by atoms with Gasteiger partial charge in [-0.1, -0.05) is 23.7 Å². The Kier molecular flexibility index (Phi) is 7.01. The highest BCUT2D eigenvalue weighted by molar-refractivity contribution is 6.30. The standard InChI is InChI=1S/C21H34ClN5/c1-4-23-20(24-15-17(2)27-12-10-26(3)11-13-27)25-16-21(8-9-21)18-6-5-7-19(22)14-18/h5-7,14,17H,4,8-13,15-16H2,1-3H3,(H2,23,24,25). The molecule has 0 bridgehead atoms. The molecule has 5 nitrogen and oxygen atoms in total. The third-order valence-corrected chi connectivity index (χ3v) is 6.14. The Morgan fingerprint density at radius 1 is 1.22 bits per heavy atom. The number of nitrogens with one attached hydrogen (secondary N) is 2. The summed E-state index contributed by atoms with van der Waals surface area (Å²) in [5, 5.41) is 7.76. The Hall–Kier alpha value is -1.30. The minimum Gasteiger partial charge on any atom is -0.357 e. The van der Waals surface area contributed by atoms with E-state index in [1.54, 1.807) is 0 Å². The Morgan fingerprint density at radius 3 is 2.59 bits per heavy atom. The van der Waals surface area contributed by atoms with E-state index in [0.29, 0.717) is 6.04 Å². The highest BCUT2D eigenvalue weighted by atomic mass is 35.5. The van der Waals surface area contributed by atoms with Gasteiger partial charge in [0.25, 0.3) is 0 Å². The van der Waals surface area contributed by atoms with Crippen molar-refractivity contribution in [2.45, 2.75) is 38.1 Å². The first-order valence-electron chi connectivity index (χ1n) is 10.2. The minimum atomic E-state index is 0.177. The molecule has 1 heterocycles. The number of guanidine groups is 1. The second kappa shape index (κ2) is 9.26. The van der Waals surface area contributed by atoms with Crippen LogP contribution in [0.15, 0.2) is 29.3 Å². The van der Waals surface area contributed by atoms with Crippen molar-refractivity contribution in [1.29, 1.82) is 0 Å². The molecule has 1 aliphatic heterocycles. The largest absolute Gasteiger partial charge is 0.357 e. The van der Waals surface area contributed by atoms with Gasteiger partial charge in [0.2, 0.25) is 0 Å². The van der Waals surface area contributed by atoms with Crippen LogP contribution >= 0.6 is 11.6 Å². The summed E-state index contributed by atoms with van der Waals surface area (Å²) in [6, 6.07) is 8.77. The molecule has 27 heavy (non-hydrogen) atoms. The Balaban J connectivity index is 1.55. The maximum atomic E-state index is 6.19. The normalized spacial score (nSPS) is 21.7. The summed E-state index contributed by atoms with van der Waals surface area (Å²) >= 11 is 6.19. The second-order valence-corrected chi connectivity index (χ2v) is 8.49. The van der Waals surface area contributed by atoms with Crippen molar-refractivity contribution < 1.29 is 0 Å². The first-order chi connectivity index (χ1) is 13.0. The van der Waals surface area contributed by atoms with Gasteiger partial charge in [0.15, 0.2) is 5.96 Å². The summed E-state index contributed by atoms with van der Waals surface area (Å²) in [5.74, 6) is 0.923. The van der Waals surface area contributed by atoms with Gasteiger partial charge in [-0.15, -0.1) is 0 Å². The maximum absolute atomic E-state index is 6.19. The average molecular weight is 392 g/mol. The molecule has 1 aromatic rings. The highest BCUT2D eigenvalue weighted by Gasteiger charge is 2.44. The molecule has 0 amide bonds. The van der Waals surface area contributed by atoms with Crippen molar-refractivity contribution in [1.82, 2.24) is 20.4 Å². The van der Waals surface area contributed by atoms with E-state index in [9.17, 15) is 0 Å². The molecule has 1 aliphatic carbocycles. The van der Waals surface area contributed by atoms with E-state index < -0.39 is 0 Å². The highest BCUT2D eigenvalue weighted by Crippen LogP contribution is 2.48. The fourth-order valence-corrected chi connectivity index (χ4v) is 3.91. The number of piperazine rings is 1. The van der Waals surface area contributed by atoms with Crippen LogP contribution in [0, 0.1) is 0 Å². The van der Waals surface area contributed by atoms with Crippen molar-refractivity contribution in [3.63, 3.8) is 0 Å². The molecule has 0 radical (unpaired) electrons. The SMILES string of the molecule is CCNC(=NCC1(c2cccc(Cl)c2)CC1)NCC(C)N1CCN(C)CC1. The van der Waals surface area contributed by atoms with Gasteiger partial charge in [0.05, 0.1) is 6.54 Å². The van der Waals surface area contributed by atoms with E-state index in [2.05, 4.69) is 53.5 Å². The van der Waals surface area contributed by atoms with Crippen molar-refractivity contribution in [2.24, 2.45) is 4.99 Å². The molecular formula is C21H34ClN5. The van der Waals surface area contributed by atoms with E-state index in [4.69, 9.17) is 16.6 Å². The average Bonchev–Trinajstić information content (AvgIpc) is 3.45. The van der Waals surface area contributed by atoms with Crippen LogP contribution in [-0.4, -0.2) is 74.7 Å². The molecule has 1 unspecified atom stereocenters.